The Morgan fingerprint density at radius 3 is 2.05 bits per heavy atom. The maximum Gasteiger partial charge on any atom is 0.311 e. The second-order valence-corrected chi connectivity index (χ2v) is 17.6. The Bertz CT molecular complexity index is 1260. The van der Waals surface area contributed by atoms with E-state index in [0.29, 0.717) is 26.0 Å². The fourth-order valence-electron chi connectivity index (χ4n) is 9.18. The van der Waals surface area contributed by atoms with Gasteiger partial charge in [0.25, 0.3) is 0 Å². The van der Waals surface area contributed by atoms with Crippen LogP contribution in [0.25, 0.3) is 0 Å². The van der Waals surface area contributed by atoms with E-state index in [2.05, 4.69) is 0 Å². The van der Waals surface area contributed by atoms with Gasteiger partial charge in [-0.2, -0.15) is 0 Å². The Kier molecular flexibility index (Phi) is 17.8. The third-order valence-corrected chi connectivity index (χ3v) is 12.9. The van der Waals surface area contributed by atoms with E-state index in [-0.39, 0.29) is 37.2 Å². The molecule has 3 aliphatic rings. The Labute approximate surface area is 335 Å². The number of ether oxygens (including phenoxy) is 8. The summed E-state index contributed by atoms with van der Waals surface area (Å²) in [5.41, 5.74) is 1.68. The van der Waals surface area contributed by atoms with Crippen molar-refractivity contribution in [2.75, 3.05) is 41.5 Å². The molecular formula is C41H76N2O13. The van der Waals surface area contributed by atoms with Gasteiger partial charge in [0.2, 0.25) is 0 Å². The van der Waals surface area contributed by atoms with E-state index < -0.39 is 102 Å². The summed E-state index contributed by atoms with van der Waals surface area (Å²) in [6.45, 7) is 18.4. The van der Waals surface area contributed by atoms with Crippen LogP contribution in [0.2, 0.25) is 0 Å². The van der Waals surface area contributed by atoms with Crippen LogP contribution < -0.4 is 5.73 Å². The number of esters is 1. The molecule has 15 nitrogen and oxygen atoms in total. The first-order valence-electron chi connectivity index (χ1n) is 20.6. The molecule has 56 heavy (non-hydrogen) atoms. The zero-order valence-electron chi connectivity index (χ0n) is 36.6. The summed E-state index contributed by atoms with van der Waals surface area (Å²) in [5, 5.41) is 34.9. The van der Waals surface area contributed by atoms with E-state index in [1.54, 1.807) is 34.8 Å². The van der Waals surface area contributed by atoms with Gasteiger partial charge < -0.3 is 63.8 Å². The quantitative estimate of drug-likeness (QED) is 0.166. The molecule has 0 aromatic rings. The summed E-state index contributed by atoms with van der Waals surface area (Å²) in [6, 6.07) is -0.280. The summed E-state index contributed by atoms with van der Waals surface area (Å²) < 4.78 is 51.1. The second kappa shape index (κ2) is 20.3. The Hall–Kier alpha value is -1.34. The number of hydrogen-bond donors (Lipinski definition) is 4. The maximum atomic E-state index is 14.3. The van der Waals surface area contributed by atoms with Crippen molar-refractivity contribution in [1.82, 2.24) is 4.90 Å². The molecule has 0 aromatic heterocycles. The number of Topliss-reactive ketones (excluding diaryl/α,β-unsaturated/α-hetero) is 1. The molecular weight excluding hydrogens is 728 g/mol. The number of ketones is 1. The smallest absolute Gasteiger partial charge is 0.311 e. The number of nitrogens with two attached hydrogens (primary N) is 1. The minimum absolute atomic E-state index is 0.120. The molecule has 3 heterocycles. The summed E-state index contributed by atoms with van der Waals surface area (Å²) in [4.78, 5) is 30.3. The lowest BCUT2D eigenvalue weighted by Gasteiger charge is -2.50. The normalized spacial score (nSPS) is 46.4. The lowest BCUT2D eigenvalue weighted by Crippen LogP contribution is -2.61. The van der Waals surface area contributed by atoms with Crippen LogP contribution in [0.4, 0.5) is 0 Å². The Morgan fingerprint density at radius 2 is 1.50 bits per heavy atom. The number of nitrogens with zero attached hydrogens (tertiary/aromatic N) is 1. The number of methoxy groups -OCH3 is 2. The minimum atomic E-state index is -1.96. The monoisotopic (exact) mass is 805 g/mol. The zero-order chi connectivity index (χ0) is 42.5. The molecule has 18 atom stereocenters. The van der Waals surface area contributed by atoms with Crippen LogP contribution in [0.5, 0.6) is 0 Å². The van der Waals surface area contributed by atoms with E-state index in [1.165, 1.54) is 14.0 Å². The maximum absolute atomic E-state index is 14.3. The van der Waals surface area contributed by atoms with Crippen LogP contribution in [-0.2, 0) is 47.5 Å². The van der Waals surface area contributed by atoms with Gasteiger partial charge >= 0.3 is 5.97 Å². The van der Waals surface area contributed by atoms with Gasteiger partial charge in [-0.1, -0.05) is 27.7 Å². The fourth-order valence-corrected chi connectivity index (χ4v) is 9.18. The number of hydrogen-bond acceptors (Lipinski definition) is 15. The van der Waals surface area contributed by atoms with Crippen LogP contribution in [0.3, 0.4) is 0 Å². The summed E-state index contributed by atoms with van der Waals surface area (Å²) in [7, 11) is 6.91. The Balaban J connectivity index is 2.20. The van der Waals surface area contributed by atoms with Crippen molar-refractivity contribution in [2.24, 2.45) is 29.4 Å². The lowest BCUT2D eigenvalue weighted by atomic mass is 9.74. The molecule has 0 aliphatic carbocycles. The van der Waals surface area contributed by atoms with Gasteiger partial charge in [0.15, 0.2) is 12.6 Å². The third kappa shape index (κ3) is 10.9. The first-order chi connectivity index (χ1) is 26.0. The van der Waals surface area contributed by atoms with E-state index >= 15 is 0 Å². The third-order valence-electron chi connectivity index (χ3n) is 12.9. The standard InChI is InChI=1S/C41H76N2O13/c1-15-29-41(10,48)34(46)24(4)31(44)22(2)20-39(8,49-13)35(56-38-32(45)28(43(11)12)19-23(3)52-38)25(5)33(26(6)37(47)54-29)55-30-21-40(9,50-14)36(27(7)53-30)51-18-16-17-42/h22-30,32-36,38,45-46,48H,15-21,42H2,1-14H3/t22-,23-,24+,25+,26-,27+,28+,29-,30+,32-,33+,34-,35-,36+,38+,39-,40-,41-/m1/s1. The molecule has 15 heteroatoms. The van der Waals surface area contributed by atoms with Gasteiger partial charge in [0.1, 0.15) is 29.7 Å². The predicted molar refractivity (Wildman–Crippen MR) is 208 cm³/mol. The lowest BCUT2D eigenvalue weighted by molar-refractivity contribution is -0.322. The molecule has 3 aliphatic heterocycles. The van der Waals surface area contributed by atoms with Crippen molar-refractivity contribution in [3.63, 3.8) is 0 Å². The van der Waals surface area contributed by atoms with Crippen molar-refractivity contribution in [1.29, 1.82) is 0 Å². The number of rotatable bonds is 12. The zero-order valence-corrected chi connectivity index (χ0v) is 36.6. The Morgan fingerprint density at radius 1 is 0.893 bits per heavy atom. The average molecular weight is 805 g/mol. The number of carbonyl (C=O) groups excluding carboxylic acids is 2. The highest BCUT2D eigenvalue weighted by Gasteiger charge is 2.54. The fraction of sp³-hybridized carbons (Fsp3) is 0.951. The molecule has 0 saturated carbocycles. The highest BCUT2D eigenvalue weighted by molar-refractivity contribution is 5.83. The predicted octanol–water partition coefficient (Wildman–Crippen LogP) is 2.81. The molecule has 3 rings (SSSR count). The number of aliphatic hydroxyl groups excluding tert-OH is 2. The molecule has 0 spiro atoms. The molecule has 0 amide bonds. The second-order valence-electron chi connectivity index (χ2n) is 17.6. The number of aliphatic hydroxyl groups is 3. The van der Waals surface area contributed by atoms with Gasteiger partial charge in [-0.3, -0.25) is 9.59 Å². The first-order valence-corrected chi connectivity index (χ1v) is 20.6. The highest BCUT2D eigenvalue weighted by Crippen LogP contribution is 2.42. The summed E-state index contributed by atoms with van der Waals surface area (Å²) in [5.74, 6) is -4.40. The van der Waals surface area contributed by atoms with Gasteiger partial charge in [0.05, 0.1) is 47.6 Å². The number of carbonyl (C=O) groups is 2. The van der Waals surface area contributed by atoms with Gasteiger partial charge in [-0.15, -0.1) is 0 Å². The van der Waals surface area contributed by atoms with Crippen molar-refractivity contribution in [3.05, 3.63) is 0 Å². The number of cyclic esters (lactones) is 1. The van der Waals surface area contributed by atoms with Crippen LogP contribution in [0.15, 0.2) is 0 Å². The minimum Gasteiger partial charge on any atom is -0.459 e. The summed E-state index contributed by atoms with van der Waals surface area (Å²) >= 11 is 0. The molecule has 0 aromatic carbocycles. The van der Waals surface area contributed by atoms with Crippen molar-refractivity contribution >= 4 is 11.8 Å². The molecule has 0 bridgehead atoms. The van der Waals surface area contributed by atoms with Crippen molar-refractivity contribution < 1.29 is 62.8 Å². The first kappa shape index (κ1) is 49.0. The molecule has 328 valence electrons. The van der Waals surface area contributed by atoms with E-state index in [4.69, 9.17) is 43.6 Å². The van der Waals surface area contributed by atoms with E-state index in [1.807, 2.05) is 53.6 Å². The molecule has 3 fully saturated rings. The molecule has 0 unspecified atom stereocenters. The average Bonchev–Trinajstić information content (AvgIpc) is 3.14. The van der Waals surface area contributed by atoms with Crippen molar-refractivity contribution in [2.45, 2.75) is 186 Å². The highest BCUT2D eigenvalue weighted by atomic mass is 16.7. The van der Waals surface area contributed by atoms with E-state index in [9.17, 15) is 24.9 Å². The van der Waals surface area contributed by atoms with Gasteiger partial charge in [0, 0.05) is 51.0 Å². The van der Waals surface area contributed by atoms with Gasteiger partial charge in [-0.05, 0) is 87.9 Å². The SMILES string of the molecule is CC[C@H]1OC(=O)[C@H](C)[C@@H](O[C@H]2C[C@@](C)(OC)[C@@H](OCCCN)[C@H](C)O2)[C@H](C)[C@@H](O[C@@H]2O[C@H](C)C[C@H](N(C)C)[C@H]2O)[C@](C)(OC)C[C@@H](C)C(=O)[C@H](C)[C@@H](O)[C@]1(C)O. The number of likely N-dealkylation sites (N-methyl/N-ethyl adjacent to an activating group) is 1. The molecule has 5 N–H and O–H groups in total. The van der Waals surface area contributed by atoms with Gasteiger partial charge in [-0.25, -0.2) is 0 Å². The molecule has 0 radical (unpaired) electrons. The van der Waals surface area contributed by atoms with Crippen LogP contribution >= 0.6 is 0 Å². The van der Waals surface area contributed by atoms with Crippen molar-refractivity contribution in [3.8, 4) is 0 Å². The topological polar surface area (TPSA) is 198 Å². The van der Waals surface area contributed by atoms with Crippen LogP contribution in [-0.4, -0.2) is 158 Å². The van der Waals surface area contributed by atoms with Crippen LogP contribution in [0.1, 0.15) is 101 Å². The largest absolute Gasteiger partial charge is 0.459 e. The summed E-state index contributed by atoms with van der Waals surface area (Å²) in [6.07, 6.45) is -7.09. The van der Waals surface area contributed by atoms with E-state index in [0.717, 1.165) is 0 Å². The van der Waals surface area contributed by atoms with Crippen LogP contribution in [0, 0.1) is 23.7 Å². The molecule has 3 saturated heterocycles.